The molecular weight excluding hydrogens is 522 g/mol. The van der Waals surface area contributed by atoms with Crippen LogP contribution in [0.5, 0.6) is 5.75 Å². The monoisotopic (exact) mass is 555 g/mol. The summed E-state index contributed by atoms with van der Waals surface area (Å²) in [6.07, 6.45) is 1.56. The molecule has 0 spiro atoms. The maximum Gasteiger partial charge on any atom is 0.290 e. The Balaban J connectivity index is 1.27. The molecule has 1 aliphatic rings. The highest BCUT2D eigenvalue weighted by molar-refractivity contribution is 7.13. The third kappa shape index (κ3) is 7.58. The molecule has 208 valence electrons. The van der Waals surface area contributed by atoms with E-state index in [4.69, 9.17) is 13.9 Å². The molecule has 1 aromatic carbocycles. The van der Waals surface area contributed by atoms with Crippen molar-refractivity contribution < 1.29 is 28.3 Å². The summed E-state index contributed by atoms with van der Waals surface area (Å²) < 4.78 is 16.0. The molecule has 3 heterocycles. The van der Waals surface area contributed by atoms with Crippen LogP contribution in [-0.4, -0.2) is 92.1 Å². The lowest BCUT2D eigenvalue weighted by Crippen LogP contribution is -2.49. The smallest absolute Gasteiger partial charge is 0.290 e. The Labute approximate surface area is 231 Å². The van der Waals surface area contributed by atoms with Crippen LogP contribution in [0.2, 0.25) is 0 Å². The number of benzene rings is 1. The van der Waals surface area contributed by atoms with Crippen molar-refractivity contribution in [1.29, 1.82) is 0 Å². The summed E-state index contributed by atoms with van der Waals surface area (Å²) in [6, 6.07) is 11.1. The summed E-state index contributed by atoms with van der Waals surface area (Å²) in [6.45, 7) is 5.51. The number of methoxy groups -OCH3 is 1. The van der Waals surface area contributed by atoms with E-state index in [-0.39, 0.29) is 37.8 Å². The predicted octanol–water partition coefficient (Wildman–Crippen LogP) is 2.75. The van der Waals surface area contributed by atoms with E-state index in [0.717, 1.165) is 11.4 Å². The van der Waals surface area contributed by atoms with Gasteiger partial charge in [-0.05, 0) is 31.2 Å². The highest BCUT2D eigenvalue weighted by atomic mass is 32.1. The fourth-order valence-corrected chi connectivity index (χ4v) is 4.97. The Bertz CT molecular complexity index is 1240. The van der Waals surface area contributed by atoms with Gasteiger partial charge < -0.3 is 33.9 Å². The molecular formula is C27H33N5O6S. The molecule has 39 heavy (non-hydrogen) atoms. The van der Waals surface area contributed by atoms with E-state index in [9.17, 15) is 14.4 Å². The molecule has 0 saturated carbocycles. The van der Waals surface area contributed by atoms with Gasteiger partial charge in [0, 0.05) is 45.2 Å². The van der Waals surface area contributed by atoms with Gasteiger partial charge in [0.2, 0.25) is 11.8 Å². The first-order valence-corrected chi connectivity index (χ1v) is 13.7. The molecule has 1 N–H and O–H groups in total. The Morgan fingerprint density at radius 2 is 1.92 bits per heavy atom. The number of nitrogens with one attached hydrogen (secondary N) is 1. The van der Waals surface area contributed by atoms with Crippen molar-refractivity contribution in [3.05, 3.63) is 59.5 Å². The molecule has 0 atom stereocenters. The second-order valence-electron chi connectivity index (χ2n) is 8.83. The lowest BCUT2D eigenvalue weighted by molar-refractivity contribution is -0.130. The third-order valence-corrected chi connectivity index (χ3v) is 6.99. The molecule has 11 nitrogen and oxygen atoms in total. The van der Waals surface area contributed by atoms with Crippen molar-refractivity contribution in [2.45, 2.75) is 13.3 Å². The fraction of sp³-hybridized carbons (Fsp3) is 0.407. The number of hydrogen-bond donors (Lipinski definition) is 1. The Hall–Kier alpha value is -3.90. The Morgan fingerprint density at radius 3 is 2.64 bits per heavy atom. The maximum atomic E-state index is 12.9. The van der Waals surface area contributed by atoms with E-state index in [1.165, 1.54) is 29.6 Å². The van der Waals surface area contributed by atoms with E-state index < -0.39 is 11.8 Å². The van der Waals surface area contributed by atoms with Crippen LogP contribution in [0, 0.1) is 0 Å². The summed E-state index contributed by atoms with van der Waals surface area (Å²) in [5.74, 6) is 0.184. The molecule has 2 aromatic heterocycles. The number of carbonyl (C=O) groups is 3. The van der Waals surface area contributed by atoms with E-state index in [0.29, 0.717) is 43.6 Å². The van der Waals surface area contributed by atoms with E-state index >= 15 is 0 Å². The summed E-state index contributed by atoms with van der Waals surface area (Å²) in [7, 11) is 1.52. The zero-order valence-electron chi connectivity index (χ0n) is 22.1. The molecule has 1 fully saturated rings. The van der Waals surface area contributed by atoms with Crippen LogP contribution in [0.25, 0.3) is 0 Å². The summed E-state index contributed by atoms with van der Waals surface area (Å²) in [4.78, 5) is 48.1. The summed E-state index contributed by atoms with van der Waals surface area (Å²) in [5.41, 5.74) is 1.63. The number of piperazine rings is 1. The quantitative estimate of drug-likeness (QED) is 0.363. The number of ether oxygens (including phenoxy) is 2. The average molecular weight is 556 g/mol. The number of nitrogens with zero attached hydrogens (tertiary/aromatic N) is 4. The SMILES string of the molecule is CCOc1ccccc1N1CCN(C(=O)Cc2csc(NC(=O)CN(CCOC)C(=O)c3ccco3)n2)CC1. The van der Waals surface area contributed by atoms with Crippen LogP contribution < -0.4 is 15.0 Å². The van der Waals surface area contributed by atoms with Crippen LogP contribution in [0.1, 0.15) is 23.2 Å². The molecule has 1 saturated heterocycles. The van der Waals surface area contributed by atoms with Crippen molar-refractivity contribution in [1.82, 2.24) is 14.8 Å². The topological polar surface area (TPSA) is 117 Å². The van der Waals surface area contributed by atoms with Crippen molar-refractivity contribution >= 4 is 39.9 Å². The lowest BCUT2D eigenvalue weighted by atomic mass is 10.2. The van der Waals surface area contributed by atoms with Crippen molar-refractivity contribution in [2.75, 3.05) is 69.8 Å². The molecule has 4 rings (SSSR count). The molecule has 3 amide bonds. The zero-order valence-corrected chi connectivity index (χ0v) is 22.9. The second kappa shape index (κ2) is 13.8. The van der Waals surface area contributed by atoms with Crippen LogP contribution >= 0.6 is 11.3 Å². The normalized spacial score (nSPS) is 13.3. The number of amides is 3. The minimum absolute atomic E-state index is 0.00861. The standard InChI is InChI=1S/C27H33N5O6S/c1-3-37-22-8-5-4-7-21(22)30-10-12-31(13-11-30)25(34)17-20-19-39-27(28-20)29-24(33)18-32(14-16-36-2)26(35)23-9-6-15-38-23/h4-9,15,19H,3,10-14,16-18H2,1-2H3,(H,28,29,33). The van der Waals surface area contributed by atoms with Gasteiger partial charge in [0.15, 0.2) is 10.9 Å². The molecule has 0 radical (unpaired) electrons. The first-order chi connectivity index (χ1) is 19.0. The number of anilines is 2. The summed E-state index contributed by atoms with van der Waals surface area (Å²) in [5, 5.41) is 4.86. The molecule has 3 aromatic rings. The van der Waals surface area contributed by atoms with Crippen molar-refractivity contribution in [3.8, 4) is 5.75 Å². The predicted molar refractivity (Wildman–Crippen MR) is 147 cm³/mol. The highest BCUT2D eigenvalue weighted by Crippen LogP contribution is 2.29. The molecule has 1 aliphatic heterocycles. The maximum absolute atomic E-state index is 12.9. The number of hydrogen-bond acceptors (Lipinski definition) is 9. The van der Waals surface area contributed by atoms with Gasteiger partial charge in [0.05, 0.1) is 37.3 Å². The fourth-order valence-electron chi connectivity index (χ4n) is 4.25. The molecule has 0 bridgehead atoms. The highest BCUT2D eigenvalue weighted by Gasteiger charge is 2.24. The van der Waals surface area contributed by atoms with Crippen LogP contribution in [0.15, 0.2) is 52.5 Å². The van der Waals surface area contributed by atoms with Gasteiger partial charge in [-0.2, -0.15) is 0 Å². The van der Waals surface area contributed by atoms with Gasteiger partial charge in [-0.3, -0.25) is 14.4 Å². The lowest BCUT2D eigenvalue weighted by Gasteiger charge is -2.36. The van der Waals surface area contributed by atoms with E-state index in [1.54, 1.807) is 17.5 Å². The van der Waals surface area contributed by atoms with Crippen molar-refractivity contribution in [3.63, 3.8) is 0 Å². The minimum Gasteiger partial charge on any atom is -0.492 e. The van der Waals surface area contributed by atoms with Gasteiger partial charge in [-0.25, -0.2) is 4.98 Å². The average Bonchev–Trinajstić information content (AvgIpc) is 3.64. The number of aromatic nitrogens is 1. The Kier molecular flexibility index (Phi) is 9.92. The van der Waals surface area contributed by atoms with Gasteiger partial charge in [-0.1, -0.05) is 12.1 Å². The first kappa shape index (κ1) is 28.1. The minimum atomic E-state index is -0.404. The second-order valence-corrected chi connectivity index (χ2v) is 9.69. The van der Waals surface area contributed by atoms with Crippen LogP contribution in [0.3, 0.4) is 0 Å². The number of carbonyl (C=O) groups excluding carboxylic acids is 3. The molecule has 0 unspecified atom stereocenters. The zero-order chi connectivity index (χ0) is 27.6. The van der Waals surface area contributed by atoms with E-state index in [2.05, 4.69) is 15.2 Å². The third-order valence-electron chi connectivity index (χ3n) is 6.19. The molecule has 0 aliphatic carbocycles. The Morgan fingerprint density at radius 1 is 1.13 bits per heavy atom. The largest absolute Gasteiger partial charge is 0.492 e. The van der Waals surface area contributed by atoms with Crippen LogP contribution in [-0.2, 0) is 20.7 Å². The summed E-state index contributed by atoms with van der Waals surface area (Å²) >= 11 is 1.24. The van der Waals surface area contributed by atoms with E-state index in [1.807, 2.05) is 36.1 Å². The van der Waals surface area contributed by atoms with Crippen LogP contribution in [0.4, 0.5) is 10.8 Å². The number of furan rings is 1. The van der Waals surface area contributed by atoms with Gasteiger partial charge >= 0.3 is 0 Å². The number of para-hydroxylation sites is 2. The van der Waals surface area contributed by atoms with Crippen molar-refractivity contribution in [2.24, 2.45) is 0 Å². The van der Waals surface area contributed by atoms with Gasteiger partial charge in [0.25, 0.3) is 5.91 Å². The van der Waals surface area contributed by atoms with Gasteiger partial charge in [0.1, 0.15) is 12.3 Å². The number of rotatable bonds is 12. The first-order valence-electron chi connectivity index (χ1n) is 12.8. The molecule has 12 heteroatoms. The van der Waals surface area contributed by atoms with Gasteiger partial charge in [-0.15, -0.1) is 11.3 Å². The number of thiazole rings is 1.